The van der Waals surface area contributed by atoms with E-state index in [1.807, 2.05) is 55.7 Å². The van der Waals surface area contributed by atoms with Gasteiger partial charge in [0.25, 0.3) is 0 Å². The van der Waals surface area contributed by atoms with Gasteiger partial charge in [-0.1, -0.05) is 12.1 Å². The van der Waals surface area contributed by atoms with Crippen molar-refractivity contribution in [3.63, 3.8) is 0 Å². The lowest BCUT2D eigenvalue weighted by Gasteiger charge is -2.11. The van der Waals surface area contributed by atoms with Gasteiger partial charge in [0, 0.05) is 18.9 Å². The van der Waals surface area contributed by atoms with Crippen LogP contribution in [-0.4, -0.2) is 31.3 Å². The van der Waals surface area contributed by atoms with E-state index >= 15 is 0 Å². The van der Waals surface area contributed by atoms with E-state index in [-0.39, 0.29) is 0 Å². The van der Waals surface area contributed by atoms with E-state index < -0.39 is 0 Å². The van der Waals surface area contributed by atoms with Crippen LogP contribution in [0, 0.1) is 0 Å². The normalized spacial score (nSPS) is 10.3. The summed E-state index contributed by atoms with van der Waals surface area (Å²) < 4.78 is 11.3. The Morgan fingerprint density at radius 3 is 2.38 bits per heavy atom. The fourth-order valence-corrected chi connectivity index (χ4v) is 1.98. The molecule has 112 valence electrons. The van der Waals surface area contributed by atoms with Gasteiger partial charge in [0.15, 0.2) is 11.5 Å². The lowest BCUT2D eigenvalue weighted by molar-refractivity contribution is 0.276. The van der Waals surface area contributed by atoms with Crippen molar-refractivity contribution in [1.29, 1.82) is 0 Å². The number of benzene rings is 1. The predicted octanol–water partition coefficient (Wildman–Crippen LogP) is 2.69. The van der Waals surface area contributed by atoms with Crippen LogP contribution in [0.5, 0.6) is 11.5 Å². The summed E-state index contributed by atoms with van der Waals surface area (Å²) in [5.74, 6) is 1.60. The molecule has 4 heteroatoms. The summed E-state index contributed by atoms with van der Waals surface area (Å²) in [7, 11) is 0. The van der Waals surface area contributed by atoms with Crippen LogP contribution in [0.3, 0.4) is 0 Å². The van der Waals surface area contributed by atoms with E-state index in [9.17, 15) is 0 Å². The molecule has 2 aromatic rings. The van der Waals surface area contributed by atoms with E-state index in [0.717, 1.165) is 31.0 Å². The number of rotatable bonds is 9. The molecule has 2 rings (SSSR count). The molecule has 0 amide bonds. The predicted molar refractivity (Wildman–Crippen MR) is 83.9 cm³/mol. The van der Waals surface area contributed by atoms with Crippen LogP contribution < -0.4 is 14.8 Å². The molecule has 0 saturated carbocycles. The summed E-state index contributed by atoms with van der Waals surface area (Å²) in [6.07, 6.45) is 4.64. The van der Waals surface area contributed by atoms with Gasteiger partial charge >= 0.3 is 0 Å². The summed E-state index contributed by atoms with van der Waals surface area (Å²) >= 11 is 0. The molecule has 1 aromatic carbocycles. The first-order valence-corrected chi connectivity index (χ1v) is 7.34. The topological polar surface area (TPSA) is 43.4 Å². The summed E-state index contributed by atoms with van der Waals surface area (Å²) in [6, 6.07) is 11.8. The molecule has 1 heterocycles. The number of nitrogens with zero attached hydrogens (tertiary/aromatic N) is 1. The van der Waals surface area contributed by atoms with Gasteiger partial charge in [-0.2, -0.15) is 0 Å². The maximum absolute atomic E-state index is 5.74. The van der Waals surface area contributed by atoms with Crippen molar-refractivity contribution in [1.82, 2.24) is 10.3 Å². The summed E-state index contributed by atoms with van der Waals surface area (Å²) in [5, 5.41) is 3.37. The lowest BCUT2D eigenvalue weighted by atomic mass is 10.2. The molecule has 0 aliphatic heterocycles. The number of hydrogen-bond acceptors (Lipinski definition) is 4. The second-order valence-corrected chi connectivity index (χ2v) is 4.58. The molecule has 0 aliphatic carbocycles. The number of hydrogen-bond donors (Lipinski definition) is 1. The van der Waals surface area contributed by atoms with Crippen LogP contribution in [0.1, 0.15) is 12.5 Å². The molecule has 4 nitrogen and oxygen atoms in total. The zero-order chi connectivity index (χ0) is 14.8. The molecule has 21 heavy (non-hydrogen) atoms. The quantitative estimate of drug-likeness (QED) is 0.720. The zero-order valence-corrected chi connectivity index (χ0v) is 12.4. The van der Waals surface area contributed by atoms with E-state index in [1.165, 1.54) is 5.56 Å². The van der Waals surface area contributed by atoms with Crippen LogP contribution >= 0.6 is 0 Å². The van der Waals surface area contributed by atoms with Crippen molar-refractivity contribution in [3.8, 4) is 11.5 Å². The van der Waals surface area contributed by atoms with Crippen molar-refractivity contribution in [2.75, 3.05) is 26.3 Å². The first kappa shape index (κ1) is 15.3. The lowest BCUT2D eigenvalue weighted by Crippen LogP contribution is -2.23. The zero-order valence-electron chi connectivity index (χ0n) is 12.4. The van der Waals surface area contributed by atoms with E-state index in [2.05, 4.69) is 10.3 Å². The third kappa shape index (κ3) is 5.44. The molecule has 0 saturated heterocycles. The Labute approximate surface area is 126 Å². The standard InChI is InChI=1S/C17H22N2O2/c1-2-20-16-5-3-4-6-17(16)21-14-13-19-12-9-15-7-10-18-11-8-15/h3-8,10-11,19H,2,9,12-14H2,1H3. The molecule has 1 aromatic heterocycles. The average molecular weight is 286 g/mol. The van der Waals surface area contributed by atoms with Crippen LogP contribution in [0.25, 0.3) is 0 Å². The highest BCUT2D eigenvalue weighted by Gasteiger charge is 2.02. The van der Waals surface area contributed by atoms with Gasteiger partial charge in [-0.05, 0) is 49.7 Å². The van der Waals surface area contributed by atoms with Crippen LogP contribution in [-0.2, 0) is 6.42 Å². The Bertz CT molecular complexity index is 517. The van der Waals surface area contributed by atoms with Gasteiger partial charge in [-0.15, -0.1) is 0 Å². The van der Waals surface area contributed by atoms with Crippen molar-refractivity contribution < 1.29 is 9.47 Å². The molecule has 0 aliphatic rings. The van der Waals surface area contributed by atoms with Crippen LogP contribution in [0.2, 0.25) is 0 Å². The minimum atomic E-state index is 0.625. The fourth-order valence-electron chi connectivity index (χ4n) is 1.98. The maximum atomic E-state index is 5.74. The molecule has 0 spiro atoms. The number of pyridine rings is 1. The third-order valence-corrected chi connectivity index (χ3v) is 3.03. The highest BCUT2D eigenvalue weighted by Crippen LogP contribution is 2.25. The largest absolute Gasteiger partial charge is 0.490 e. The molecule has 0 atom stereocenters. The molecule has 0 fully saturated rings. The summed E-state index contributed by atoms with van der Waals surface area (Å²) in [6.45, 7) is 4.98. The van der Waals surface area contributed by atoms with Gasteiger partial charge in [0.1, 0.15) is 6.61 Å². The van der Waals surface area contributed by atoms with Crippen molar-refractivity contribution in [2.24, 2.45) is 0 Å². The van der Waals surface area contributed by atoms with Gasteiger partial charge in [0.05, 0.1) is 6.61 Å². The third-order valence-electron chi connectivity index (χ3n) is 3.03. The fraction of sp³-hybridized carbons (Fsp3) is 0.353. The van der Waals surface area contributed by atoms with E-state index in [0.29, 0.717) is 13.2 Å². The first-order chi connectivity index (χ1) is 10.4. The smallest absolute Gasteiger partial charge is 0.161 e. The first-order valence-electron chi connectivity index (χ1n) is 7.34. The SMILES string of the molecule is CCOc1ccccc1OCCNCCc1ccncc1. The molecule has 0 radical (unpaired) electrons. The number of nitrogens with one attached hydrogen (secondary N) is 1. The van der Waals surface area contributed by atoms with Gasteiger partial charge in [-0.25, -0.2) is 0 Å². The van der Waals surface area contributed by atoms with E-state index in [4.69, 9.17) is 9.47 Å². The minimum Gasteiger partial charge on any atom is -0.490 e. The van der Waals surface area contributed by atoms with Gasteiger partial charge in [0.2, 0.25) is 0 Å². The second kappa shape index (κ2) is 8.97. The Hall–Kier alpha value is -2.07. The van der Waals surface area contributed by atoms with Crippen molar-refractivity contribution in [2.45, 2.75) is 13.3 Å². The number of aromatic nitrogens is 1. The summed E-state index contributed by atoms with van der Waals surface area (Å²) in [4.78, 5) is 4.01. The average Bonchev–Trinajstić information content (AvgIpc) is 2.53. The van der Waals surface area contributed by atoms with Crippen molar-refractivity contribution >= 4 is 0 Å². The summed E-state index contributed by atoms with van der Waals surface area (Å²) in [5.41, 5.74) is 1.29. The maximum Gasteiger partial charge on any atom is 0.161 e. The second-order valence-electron chi connectivity index (χ2n) is 4.58. The van der Waals surface area contributed by atoms with E-state index in [1.54, 1.807) is 0 Å². The van der Waals surface area contributed by atoms with Gasteiger partial charge in [-0.3, -0.25) is 4.98 Å². The highest BCUT2D eigenvalue weighted by molar-refractivity contribution is 5.39. The Balaban J connectivity index is 1.64. The van der Waals surface area contributed by atoms with Crippen LogP contribution in [0.15, 0.2) is 48.8 Å². The molecule has 0 unspecified atom stereocenters. The molecule has 1 N–H and O–H groups in total. The molecular formula is C17H22N2O2. The van der Waals surface area contributed by atoms with Crippen LogP contribution in [0.4, 0.5) is 0 Å². The highest BCUT2D eigenvalue weighted by atomic mass is 16.5. The number of para-hydroxylation sites is 2. The Kier molecular flexibility index (Phi) is 6.55. The number of ether oxygens (including phenoxy) is 2. The van der Waals surface area contributed by atoms with Crippen molar-refractivity contribution in [3.05, 3.63) is 54.4 Å². The molecular weight excluding hydrogens is 264 g/mol. The Morgan fingerprint density at radius 1 is 0.952 bits per heavy atom. The van der Waals surface area contributed by atoms with Gasteiger partial charge < -0.3 is 14.8 Å². The minimum absolute atomic E-state index is 0.625. The molecule has 0 bridgehead atoms. The Morgan fingerprint density at radius 2 is 1.67 bits per heavy atom. The monoisotopic (exact) mass is 286 g/mol.